The molecule has 1 amide bonds. The largest absolute Gasteiger partial charge is 0.480 e. The molecule has 0 saturated heterocycles. The highest BCUT2D eigenvalue weighted by Crippen LogP contribution is 2.02. The summed E-state index contributed by atoms with van der Waals surface area (Å²) >= 11 is 0. The Morgan fingerprint density at radius 1 is 1.47 bits per heavy atom. The molecular weight excluding hydrogens is 206 g/mol. The zero-order valence-corrected chi connectivity index (χ0v) is 7.89. The molecule has 0 aliphatic heterocycles. The SMILES string of the molecule is Cc1nnc(NC(=O)COCC(=O)O)o1. The number of hydrogen-bond donors (Lipinski definition) is 2. The Balaban J connectivity index is 2.27. The summed E-state index contributed by atoms with van der Waals surface area (Å²) in [5, 5.41) is 17.5. The van der Waals surface area contributed by atoms with Crippen LogP contribution in [0.5, 0.6) is 0 Å². The molecule has 1 aromatic heterocycles. The quantitative estimate of drug-likeness (QED) is 0.674. The monoisotopic (exact) mass is 215 g/mol. The second kappa shape index (κ2) is 5.05. The Hall–Kier alpha value is -1.96. The zero-order chi connectivity index (χ0) is 11.3. The number of rotatable bonds is 5. The molecule has 1 aromatic rings. The van der Waals surface area contributed by atoms with Crippen LogP contribution in [0.15, 0.2) is 4.42 Å². The molecule has 8 heteroatoms. The topological polar surface area (TPSA) is 115 Å². The molecule has 15 heavy (non-hydrogen) atoms. The summed E-state index contributed by atoms with van der Waals surface area (Å²) in [6, 6.07) is -0.0450. The van der Waals surface area contributed by atoms with Gasteiger partial charge >= 0.3 is 12.0 Å². The van der Waals surface area contributed by atoms with Crippen LogP contribution >= 0.6 is 0 Å². The molecule has 0 bridgehead atoms. The lowest BCUT2D eigenvalue weighted by atomic mass is 10.6. The van der Waals surface area contributed by atoms with Gasteiger partial charge in [-0.3, -0.25) is 10.1 Å². The van der Waals surface area contributed by atoms with E-state index >= 15 is 0 Å². The summed E-state index contributed by atoms with van der Waals surface area (Å²) in [7, 11) is 0. The fourth-order valence-corrected chi connectivity index (χ4v) is 0.733. The van der Waals surface area contributed by atoms with Gasteiger partial charge in [0.2, 0.25) is 5.89 Å². The van der Waals surface area contributed by atoms with E-state index in [9.17, 15) is 9.59 Å². The number of anilines is 1. The van der Waals surface area contributed by atoms with Crippen molar-refractivity contribution in [1.82, 2.24) is 10.2 Å². The molecule has 0 aliphatic rings. The van der Waals surface area contributed by atoms with Crippen LogP contribution in [0, 0.1) is 6.92 Å². The number of ether oxygens (including phenoxy) is 1. The van der Waals surface area contributed by atoms with Gasteiger partial charge in [-0.25, -0.2) is 4.79 Å². The van der Waals surface area contributed by atoms with E-state index in [-0.39, 0.29) is 12.6 Å². The van der Waals surface area contributed by atoms with Gasteiger partial charge in [-0.05, 0) is 0 Å². The first-order chi connectivity index (χ1) is 7.08. The molecule has 0 atom stereocenters. The highest BCUT2D eigenvalue weighted by Gasteiger charge is 2.08. The van der Waals surface area contributed by atoms with Crippen molar-refractivity contribution >= 4 is 17.9 Å². The average molecular weight is 215 g/mol. The van der Waals surface area contributed by atoms with E-state index < -0.39 is 18.5 Å². The Morgan fingerprint density at radius 2 is 2.20 bits per heavy atom. The number of aromatic nitrogens is 2. The van der Waals surface area contributed by atoms with E-state index in [1.807, 2.05) is 0 Å². The number of carboxylic acids is 1. The first-order valence-electron chi connectivity index (χ1n) is 3.97. The zero-order valence-electron chi connectivity index (χ0n) is 7.89. The maximum atomic E-state index is 11.0. The minimum atomic E-state index is -1.14. The van der Waals surface area contributed by atoms with Crippen LogP contribution in [0.25, 0.3) is 0 Å². The van der Waals surface area contributed by atoms with Gasteiger partial charge in [0.05, 0.1) is 0 Å². The third kappa shape index (κ3) is 4.18. The van der Waals surface area contributed by atoms with Gasteiger partial charge < -0.3 is 14.3 Å². The molecular formula is C7H9N3O5. The number of hydrogen-bond acceptors (Lipinski definition) is 6. The highest BCUT2D eigenvalue weighted by molar-refractivity contribution is 5.89. The highest BCUT2D eigenvalue weighted by atomic mass is 16.5. The van der Waals surface area contributed by atoms with E-state index in [0.29, 0.717) is 5.89 Å². The van der Waals surface area contributed by atoms with Gasteiger partial charge in [0.15, 0.2) is 0 Å². The molecule has 0 radical (unpaired) electrons. The van der Waals surface area contributed by atoms with Crippen molar-refractivity contribution in [2.45, 2.75) is 6.92 Å². The minimum absolute atomic E-state index is 0.0450. The van der Waals surface area contributed by atoms with Crippen molar-refractivity contribution in [3.05, 3.63) is 5.89 Å². The summed E-state index contributed by atoms with van der Waals surface area (Å²) in [4.78, 5) is 21.1. The van der Waals surface area contributed by atoms with Crippen LogP contribution in [-0.4, -0.2) is 40.4 Å². The van der Waals surface area contributed by atoms with Crippen LogP contribution in [0.3, 0.4) is 0 Å². The molecule has 82 valence electrons. The number of carboxylic acid groups (broad SMARTS) is 1. The Morgan fingerprint density at radius 3 is 2.73 bits per heavy atom. The molecule has 0 aromatic carbocycles. The number of aliphatic carboxylic acids is 1. The van der Waals surface area contributed by atoms with Crippen molar-refractivity contribution in [2.24, 2.45) is 0 Å². The lowest BCUT2D eigenvalue weighted by Gasteiger charge is -1.99. The van der Waals surface area contributed by atoms with Gasteiger partial charge in [0.25, 0.3) is 5.91 Å². The average Bonchev–Trinajstić information content (AvgIpc) is 2.50. The van der Waals surface area contributed by atoms with Crippen LogP contribution in [0.1, 0.15) is 5.89 Å². The summed E-state index contributed by atoms with van der Waals surface area (Å²) in [6.07, 6.45) is 0. The molecule has 0 unspecified atom stereocenters. The van der Waals surface area contributed by atoms with Crippen LogP contribution in [0.4, 0.5) is 6.01 Å². The van der Waals surface area contributed by atoms with Crippen molar-refractivity contribution < 1.29 is 23.8 Å². The fraction of sp³-hybridized carbons (Fsp3) is 0.429. The fourth-order valence-electron chi connectivity index (χ4n) is 0.733. The summed E-state index contributed by atoms with van der Waals surface area (Å²) in [6.45, 7) is 0.660. The Bertz CT molecular complexity index is 361. The Labute approximate surface area is 84.2 Å². The van der Waals surface area contributed by atoms with Crippen molar-refractivity contribution in [3.63, 3.8) is 0 Å². The number of carbonyl (C=O) groups is 2. The van der Waals surface area contributed by atoms with Crippen LogP contribution in [-0.2, 0) is 14.3 Å². The molecule has 8 nitrogen and oxygen atoms in total. The Kier molecular flexibility index (Phi) is 3.75. The lowest BCUT2D eigenvalue weighted by molar-refractivity contribution is -0.143. The molecule has 1 heterocycles. The van der Waals surface area contributed by atoms with Gasteiger partial charge in [0.1, 0.15) is 13.2 Å². The standard InChI is InChI=1S/C7H9N3O5/c1-4-9-10-7(15-4)8-5(11)2-14-3-6(12)13/h2-3H2,1H3,(H,12,13)(H,8,10,11). The minimum Gasteiger partial charge on any atom is -0.480 e. The third-order valence-electron chi connectivity index (χ3n) is 1.23. The smallest absolute Gasteiger partial charge is 0.329 e. The van der Waals surface area contributed by atoms with Crippen molar-refractivity contribution in [3.8, 4) is 0 Å². The van der Waals surface area contributed by atoms with Crippen LogP contribution < -0.4 is 5.32 Å². The first-order valence-corrected chi connectivity index (χ1v) is 3.97. The molecule has 0 aliphatic carbocycles. The summed E-state index contributed by atoms with van der Waals surface area (Å²) in [5.74, 6) is -1.38. The lowest BCUT2D eigenvalue weighted by Crippen LogP contribution is -2.20. The second-order valence-corrected chi connectivity index (χ2v) is 2.56. The molecule has 0 fully saturated rings. The third-order valence-corrected chi connectivity index (χ3v) is 1.23. The van der Waals surface area contributed by atoms with E-state index in [4.69, 9.17) is 9.52 Å². The normalized spacial score (nSPS) is 9.93. The number of amides is 1. The van der Waals surface area contributed by atoms with Gasteiger partial charge in [-0.2, -0.15) is 0 Å². The van der Waals surface area contributed by atoms with E-state index in [2.05, 4.69) is 20.3 Å². The second-order valence-electron chi connectivity index (χ2n) is 2.56. The predicted molar refractivity (Wildman–Crippen MR) is 46.1 cm³/mol. The van der Waals surface area contributed by atoms with E-state index in [1.54, 1.807) is 6.92 Å². The first kappa shape index (κ1) is 11.1. The molecule has 0 spiro atoms. The molecule has 2 N–H and O–H groups in total. The molecule has 1 rings (SSSR count). The van der Waals surface area contributed by atoms with Gasteiger partial charge in [0, 0.05) is 6.92 Å². The van der Waals surface area contributed by atoms with Crippen molar-refractivity contribution in [2.75, 3.05) is 18.5 Å². The van der Waals surface area contributed by atoms with Crippen molar-refractivity contribution in [1.29, 1.82) is 0 Å². The van der Waals surface area contributed by atoms with Crippen LogP contribution in [0.2, 0.25) is 0 Å². The number of aryl methyl sites for hydroxylation is 1. The van der Waals surface area contributed by atoms with Gasteiger partial charge in [-0.15, -0.1) is 5.10 Å². The number of carbonyl (C=O) groups excluding carboxylic acids is 1. The number of nitrogens with one attached hydrogen (secondary N) is 1. The van der Waals surface area contributed by atoms with E-state index in [1.165, 1.54) is 0 Å². The van der Waals surface area contributed by atoms with Gasteiger partial charge in [-0.1, -0.05) is 5.10 Å². The maximum absolute atomic E-state index is 11.0. The summed E-state index contributed by atoms with van der Waals surface area (Å²) in [5.41, 5.74) is 0. The van der Waals surface area contributed by atoms with E-state index in [0.717, 1.165) is 0 Å². The predicted octanol–water partition coefficient (Wildman–Crippen LogP) is -0.582. The maximum Gasteiger partial charge on any atom is 0.329 e. The molecule has 0 saturated carbocycles. The number of nitrogens with zero attached hydrogens (tertiary/aromatic N) is 2. The summed E-state index contributed by atoms with van der Waals surface area (Å²) < 4.78 is 9.39.